The van der Waals surface area contributed by atoms with Crippen molar-refractivity contribution >= 4 is 22.9 Å². The van der Waals surface area contributed by atoms with Gasteiger partial charge >= 0.3 is 0 Å². The largest absolute Gasteiger partial charge is 0.351 e. The van der Waals surface area contributed by atoms with Crippen molar-refractivity contribution in [1.82, 2.24) is 20.4 Å². The molecule has 0 fully saturated rings. The van der Waals surface area contributed by atoms with Gasteiger partial charge in [0.15, 0.2) is 5.11 Å². The standard InChI is InChI=1S/C23H21FN4OS/c1-4-13-28-15(3)19(20(25-23(28)30)16-9-11-18(24)12-10-16)22-26-21(27-29-22)17-7-5-14(2)6-8-17/h4-12,20H,1,13H2,2-3H3,(H,25,30). The molecule has 0 saturated heterocycles. The van der Waals surface area contributed by atoms with Crippen molar-refractivity contribution in [2.45, 2.75) is 19.9 Å². The zero-order chi connectivity index (χ0) is 21.3. The molecule has 0 bridgehead atoms. The van der Waals surface area contributed by atoms with Gasteiger partial charge in [-0.3, -0.25) is 0 Å². The van der Waals surface area contributed by atoms with Crippen LogP contribution in [0, 0.1) is 12.7 Å². The Hall–Kier alpha value is -3.32. The van der Waals surface area contributed by atoms with Crippen LogP contribution in [0.25, 0.3) is 17.0 Å². The number of halogens is 1. The summed E-state index contributed by atoms with van der Waals surface area (Å²) < 4.78 is 19.2. The highest BCUT2D eigenvalue weighted by Gasteiger charge is 2.33. The quantitative estimate of drug-likeness (QED) is 0.461. The zero-order valence-corrected chi connectivity index (χ0v) is 17.5. The lowest BCUT2D eigenvalue weighted by atomic mass is 9.95. The van der Waals surface area contributed by atoms with Gasteiger partial charge in [-0.25, -0.2) is 4.39 Å². The second kappa shape index (κ2) is 8.20. The summed E-state index contributed by atoms with van der Waals surface area (Å²) in [6, 6.07) is 13.9. The molecule has 1 N–H and O–H groups in total. The van der Waals surface area contributed by atoms with E-state index in [2.05, 4.69) is 22.0 Å². The first kappa shape index (κ1) is 20.0. The van der Waals surface area contributed by atoms with Gasteiger partial charge in [0, 0.05) is 17.8 Å². The molecule has 152 valence electrons. The van der Waals surface area contributed by atoms with Gasteiger partial charge in [0.2, 0.25) is 5.82 Å². The third-order valence-corrected chi connectivity index (χ3v) is 5.42. The van der Waals surface area contributed by atoms with E-state index < -0.39 is 0 Å². The van der Waals surface area contributed by atoms with Crippen molar-refractivity contribution < 1.29 is 8.91 Å². The zero-order valence-electron chi connectivity index (χ0n) is 16.7. The summed E-state index contributed by atoms with van der Waals surface area (Å²) in [5.74, 6) is 0.597. The van der Waals surface area contributed by atoms with E-state index in [-0.39, 0.29) is 11.9 Å². The normalized spacial score (nSPS) is 16.6. The molecule has 0 amide bonds. The van der Waals surface area contributed by atoms with Crippen LogP contribution in [0.1, 0.15) is 30.0 Å². The molecule has 1 atom stereocenters. The van der Waals surface area contributed by atoms with Crippen molar-refractivity contribution in [3.63, 3.8) is 0 Å². The lowest BCUT2D eigenvalue weighted by molar-refractivity contribution is 0.399. The van der Waals surface area contributed by atoms with E-state index in [4.69, 9.17) is 16.7 Å². The molecule has 1 aliphatic heterocycles. The predicted molar refractivity (Wildman–Crippen MR) is 119 cm³/mol. The number of allylic oxidation sites excluding steroid dienone is 1. The number of nitrogens with one attached hydrogen (secondary N) is 1. The van der Waals surface area contributed by atoms with E-state index >= 15 is 0 Å². The number of aromatic nitrogens is 2. The number of hydrogen-bond donors (Lipinski definition) is 1. The van der Waals surface area contributed by atoms with Crippen molar-refractivity contribution in [2.75, 3.05) is 6.54 Å². The van der Waals surface area contributed by atoms with Gasteiger partial charge in [0.05, 0.1) is 11.6 Å². The van der Waals surface area contributed by atoms with Crippen molar-refractivity contribution in [1.29, 1.82) is 0 Å². The number of aryl methyl sites for hydroxylation is 1. The molecule has 0 spiro atoms. The van der Waals surface area contributed by atoms with Gasteiger partial charge in [0.1, 0.15) is 5.82 Å². The fourth-order valence-corrected chi connectivity index (χ4v) is 3.79. The molecule has 1 aliphatic rings. The van der Waals surface area contributed by atoms with Gasteiger partial charge in [-0.1, -0.05) is 53.2 Å². The summed E-state index contributed by atoms with van der Waals surface area (Å²) >= 11 is 5.56. The lowest BCUT2D eigenvalue weighted by Gasteiger charge is -2.36. The molecule has 5 nitrogen and oxygen atoms in total. The molecule has 4 rings (SSSR count). The van der Waals surface area contributed by atoms with Crippen molar-refractivity contribution in [2.24, 2.45) is 0 Å². The van der Waals surface area contributed by atoms with Crippen LogP contribution in [-0.2, 0) is 0 Å². The Labute approximate surface area is 179 Å². The van der Waals surface area contributed by atoms with Crippen LogP contribution in [0.15, 0.2) is 71.4 Å². The van der Waals surface area contributed by atoms with E-state index in [0.717, 1.165) is 28.0 Å². The topological polar surface area (TPSA) is 54.2 Å². The molecular formula is C23H21FN4OS. The van der Waals surface area contributed by atoms with Gasteiger partial charge in [-0.2, -0.15) is 4.98 Å². The van der Waals surface area contributed by atoms with Gasteiger partial charge in [-0.15, -0.1) is 6.58 Å². The Morgan fingerprint density at radius 3 is 2.53 bits per heavy atom. The van der Waals surface area contributed by atoms with E-state index in [1.54, 1.807) is 18.2 Å². The molecule has 2 aromatic carbocycles. The predicted octanol–water partition coefficient (Wildman–Crippen LogP) is 5.03. The second-order valence-corrected chi connectivity index (χ2v) is 7.51. The molecule has 7 heteroatoms. The van der Waals surface area contributed by atoms with Crippen molar-refractivity contribution in [3.8, 4) is 11.4 Å². The average molecular weight is 421 g/mol. The summed E-state index contributed by atoms with van der Waals surface area (Å²) in [6.07, 6.45) is 1.78. The average Bonchev–Trinajstić information content (AvgIpc) is 3.21. The van der Waals surface area contributed by atoms with Crippen molar-refractivity contribution in [3.05, 3.63) is 89.7 Å². The number of benzene rings is 2. The first-order chi connectivity index (χ1) is 14.5. The molecule has 1 aromatic heterocycles. The van der Waals surface area contributed by atoms with Crippen LogP contribution in [0.5, 0.6) is 0 Å². The summed E-state index contributed by atoms with van der Waals surface area (Å²) in [7, 11) is 0. The maximum Gasteiger partial charge on any atom is 0.258 e. The number of thiocarbonyl (C=S) groups is 1. The summed E-state index contributed by atoms with van der Waals surface area (Å²) in [4.78, 5) is 6.58. The Morgan fingerprint density at radius 1 is 1.17 bits per heavy atom. The SMILES string of the molecule is C=CCN1C(=S)NC(c2ccc(F)cc2)C(c2nc(-c3ccc(C)cc3)no2)=C1C. The lowest BCUT2D eigenvalue weighted by Crippen LogP contribution is -2.45. The summed E-state index contributed by atoms with van der Waals surface area (Å²) in [6.45, 7) is 8.33. The molecule has 3 aromatic rings. The maximum absolute atomic E-state index is 13.5. The summed E-state index contributed by atoms with van der Waals surface area (Å²) in [5.41, 5.74) is 4.55. The molecular weight excluding hydrogens is 399 g/mol. The molecule has 2 heterocycles. The van der Waals surface area contributed by atoms with Gasteiger partial charge in [0.25, 0.3) is 5.89 Å². The minimum Gasteiger partial charge on any atom is -0.351 e. The Kier molecular flexibility index (Phi) is 5.46. The van der Waals surface area contributed by atoms with Crippen LogP contribution in [0.4, 0.5) is 4.39 Å². The third kappa shape index (κ3) is 3.76. The highest BCUT2D eigenvalue weighted by molar-refractivity contribution is 7.80. The minimum absolute atomic E-state index is 0.299. The maximum atomic E-state index is 13.5. The second-order valence-electron chi connectivity index (χ2n) is 7.12. The Bertz CT molecular complexity index is 1120. The smallest absolute Gasteiger partial charge is 0.258 e. The van der Waals surface area contributed by atoms with E-state index in [1.165, 1.54) is 12.1 Å². The first-order valence-corrected chi connectivity index (χ1v) is 9.95. The van der Waals surface area contributed by atoms with Crippen LogP contribution in [0.2, 0.25) is 0 Å². The Balaban J connectivity index is 1.81. The fourth-order valence-electron chi connectivity index (χ4n) is 3.47. The number of nitrogens with zero attached hydrogens (tertiary/aromatic N) is 3. The van der Waals surface area contributed by atoms with Crippen LogP contribution < -0.4 is 5.32 Å². The summed E-state index contributed by atoms with van der Waals surface area (Å²) in [5, 5.41) is 8.06. The third-order valence-electron chi connectivity index (χ3n) is 5.08. The number of rotatable bonds is 5. The number of hydrogen-bond acceptors (Lipinski definition) is 4. The van der Waals surface area contributed by atoms with Crippen LogP contribution >= 0.6 is 12.2 Å². The molecule has 30 heavy (non-hydrogen) atoms. The van der Waals surface area contributed by atoms with Crippen LogP contribution in [-0.4, -0.2) is 26.7 Å². The highest BCUT2D eigenvalue weighted by atomic mass is 32.1. The monoisotopic (exact) mass is 420 g/mol. The fraction of sp³-hybridized carbons (Fsp3) is 0.174. The molecule has 1 unspecified atom stereocenters. The van der Waals surface area contributed by atoms with E-state index in [0.29, 0.717) is 23.4 Å². The minimum atomic E-state index is -0.342. The molecule has 0 aliphatic carbocycles. The van der Waals surface area contributed by atoms with E-state index in [1.807, 2.05) is 43.0 Å². The first-order valence-electron chi connectivity index (χ1n) is 9.54. The Morgan fingerprint density at radius 2 is 1.87 bits per heavy atom. The van der Waals surface area contributed by atoms with Gasteiger partial charge in [-0.05, 0) is 43.8 Å². The van der Waals surface area contributed by atoms with E-state index in [9.17, 15) is 4.39 Å². The van der Waals surface area contributed by atoms with Crippen LogP contribution in [0.3, 0.4) is 0 Å². The molecule has 0 radical (unpaired) electrons. The molecule has 0 saturated carbocycles. The van der Waals surface area contributed by atoms with Gasteiger partial charge < -0.3 is 14.7 Å². The highest BCUT2D eigenvalue weighted by Crippen LogP contribution is 2.37.